The van der Waals surface area contributed by atoms with E-state index in [1.807, 2.05) is 0 Å². The first-order valence-corrected chi connectivity index (χ1v) is 6.31. The standard InChI is InChI=1S/C14H21NO/c1-2-5-13-6-3-4-7-14(13)16-11-12-8-9-15-10-12/h3-4,6-7,12,15H,2,5,8-11H2,1H3/t12-/m0/s1. The Hall–Kier alpha value is -1.02. The van der Waals surface area contributed by atoms with Crippen molar-refractivity contribution in [1.82, 2.24) is 5.32 Å². The summed E-state index contributed by atoms with van der Waals surface area (Å²) in [4.78, 5) is 0. The second-order valence-corrected chi connectivity index (χ2v) is 4.53. The molecule has 1 aliphatic rings. The molecule has 1 N–H and O–H groups in total. The fraction of sp³-hybridized carbons (Fsp3) is 0.571. The summed E-state index contributed by atoms with van der Waals surface area (Å²) in [5.74, 6) is 1.77. The van der Waals surface area contributed by atoms with Gasteiger partial charge in [0, 0.05) is 12.5 Å². The molecule has 0 bridgehead atoms. The third kappa shape index (κ3) is 2.99. The van der Waals surface area contributed by atoms with Gasteiger partial charge < -0.3 is 10.1 Å². The molecule has 1 aromatic rings. The number of para-hydroxylation sites is 1. The van der Waals surface area contributed by atoms with Crippen LogP contribution in [0.2, 0.25) is 0 Å². The Kier molecular flexibility index (Phi) is 4.23. The highest BCUT2D eigenvalue weighted by Gasteiger charge is 2.15. The summed E-state index contributed by atoms with van der Waals surface area (Å²) in [5, 5.41) is 3.37. The highest BCUT2D eigenvalue weighted by molar-refractivity contribution is 5.33. The zero-order chi connectivity index (χ0) is 11.2. The molecule has 1 saturated heterocycles. The number of nitrogens with one attached hydrogen (secondary N) is 1. The summed E-state index contributed by atoms with van der Waals surface area (Å²) < 4.78 is 5.93. The number of ether oxygens (including phenoxy) is 1. The van der Waals surface area contributed by atoms with Crippen LogP contribution in [0.4, 0.5) is 0 Å². The molecule has 88 valence electrons. The molecule has 2 heteroatoms. The van der Waals surface area contributed by atoms with Crippen molar-refractivity contribution in [2.75, 3.05) is 19.7 Å². The molecule has 1 aromatic carbocycles. The van der Waals surface area contributed by atoms with E-state index in [2.05, 4.69) is 36.5 Å². The van der Waals surface area contributed by atoms with E-state index in [1.165, 1.54) is 18.4 Å². The largest absolute Gasteiger partial charge is 0.493 e. The first-order chi connectivity index (χ1) is 7.90. The maximum absolute atomic E-state index is 5.93. The quantitative estimate of drug-likeness (QED) is 0.822. The molecular formula is C14H21NO. The Morgan fingerprint density at radius 2 is 2.25 bits per heavy atom. The third-order valence-corrected chi connectivity index (χ3v) is 3.13. The Morgan fingerprint density at radius 3 is 3.00 bits per heavy atom. The first-order valence-electron chi connectivity index (χ1n) is 6.31. The van der Waals surface area contributed by atoms with Crippen molar-refractivity contribution in [1.29, 1.82) is 0 Å². The van der Waals surface area contributed by atoms with Crippen LogP contribution in [0.3, 0.4) is 0 Å². The van der Waals surface area contributed by atoms with Crippen molar-refractivity contribution in [3.8, 4) is 5.75 Å². The molecule has 2 rings (SSSR count). The fourth-order valence-electron chi connectivity index (χ4n) is 2.18. The Balaban J connectivity index is 1.91. The van der Waals surface area contributed by atoms with Gasteiger partial charge in [-0.25, -0.2) is 0 Å². The van der Waals surface area contributed by atoms with Gasteiger partial charge in [-0.1, -0.05) is 31.5 Å². The summed E-state index contributed by atoms with van der Waals surface area (Å²) in [6.45, 7) is 5.31. The SMILES string of the molecule is CCCc1ccccc1OC[C@H]1CCNC1. The fourth-order valence-corrected chi connectivity index (χ4v) is 2.18. The van der Waals surface area contributed by atoms with Crippen molar-refractivity contribution in [3.63, 3.8) is 0 Å². The van der Waals surface area contributed by atoms with E-state index >= 15 is 0 Å². The minimum Gasteiger partial charge on any atom is -0.493 e. The molecule has 0 aliphatic carbocycles. The van der Waals surface area contributed by atoms with Crippen LogP contribution in [0, 0.1) is 5.92 Å². The van der Waals surface area contributed by atoms with Crippen LogP contribution in [0.5, 0.6) is 5.75 Å². The average Bonchev–Trinajstić information content (AvgIpc) is 2.81. The molecule has 0 aromatic heterocycles. The van der Waals surface area contributed by atoms with Gasteiger partial charge in [-0.3, -0.25) is 0 Å². The molecule has 16 heavy (non-hydrogen) atoms. The van der Waals surface area contributed by atoms with Crippen molar-refractivity contribution in [2.24, 2.45) is 5.92 Å². The van der Waals surface area contributed by atoms with Gasteiger partial charge in [-0.15, -0.1) is 0 Å². The Bertz CT molecular complexity index is 318. The number of hydrogen-bond acceptors (Lipinski definition) is 2. The lowest BCUT2D eigenvalue weighted by Crippen LogP contribution is -2.15. The van der Waals surface area contributed by atoms with Gasteiger partial charge in [0.2, 0.25) is 0 Å². The van der Waals surface area contributed by atoms with Crippen molar-refractivity contribution < 1.29 is 4.74 Å². The maximum Gasteiger partial charge on any atom is 0.122 e. The molecule has 2 nitrogen and oxygen atoms in total. The molecule has 0 amide bonds. The van der Waals surface area contributed by atoms with E-state index in [0.29, 0.717) is 5.92 Å². The average molecular weight is 219 g/mol. The summed E-state index contributed by atoms with van der Waals surface area (Å²) in [6.07, 6.45) is 3.53. The second kappa shape index (κ2) is 5.90. The van der Waals surface area contributed by atoms with Crippen LogP contribution >= 0.6 is 0 Å². The second-order valence-electron chi connectivity index (χ2n) is 4.53. The molecule has 1 aliphatic heterocycles. The van der Waals surface area contributed by atoms with E-state index in [1.54, 1.807) is 0 Å². The van der Waals surface area contributed by atoms with Crippen LogP contribution in [-0.4, -0.2) is 19.7 Å². The van der Waals surface area contributed by atoms with Crippen LogP contribution in [0.1, 0.15) is 25.3 Å². The maximum atomic E-state index is 5.93. The van der Waals surface area contributed by atoms with Crippen LogP contribution in [0.15, 0.2) is 24.3 Å². The first kappa shape index (κ1) is 11.5. The van der Waals surface area contributed by atoms with Gasteiger partial charge in [-0.05, 0) is 31.0 Å². The van der Waals surface area contributed by atoms with Gasteiger partial charge in [0.25, 0.3) is 0 Å². The van der Waals surface area contributed by atoms with Crippen molar-refractivity contribution in [2.45, 2.75) is 26.2 Å². The Morgan fingerprint density at radius 1 is 1.38 bits per heavy atom. The Labute approximate surface area is 98.0 Å². The summed E-state index contributed by atoms with van der Waals surface area (Å²) >= 11 is 0. The molecule has 1 fully saturated rings. The van der Waals surface area contributed by atoms with E-state index in [-0.39, 0.29) is 0 Å². The molecule has 0 spiro atoms. The van der Waals surface area contributed by atoms with Crippen LogP contribution in [0.25, 0.3) is 0 Å². The number of hydrogen-bond donors (Lipinski definition) is 1. The minimum atomic E-state index is 0.690. The van der Waals surface area contributed by atoms with E-state index in [0.717, 1.165) is 31.9 Å². The highest BCUT2D eigenvalue weighted by atomic mass is 16.5. The zero-order valence-electron chi connectivity index (χ0n) is 10.0. The monoisotopic (exact) mass is 219 g/mol. The van der Waals surface area contributed by atoms with Gasteiger partial charge in [0.05, 0.1) is 6.61 Å². The third-order valence-electron chi connectivity index (χ3n) is 3.13. The lowest BCUT2D eigenvalue weighted by atomic mass is 10.1. The molecule has 0 unspecified atom stereocenters. The molecule has 1 heterocycles. The minimum absolute atomic E-state index is 0.690. The lowest BCUT2D eigenvalue weighted by molar-refractivity contribution is 0.257. The summed E-state index contributed by atoms with van der Waals surface area (Å²) in [5.41, 5.74) is 1.34. The van der Waals surface area contributed by atoms with E-state index < -0.39 is 0 Å². The highest BCUT2D eigenvalue weighted by Crippen LogP contribution is 2.21. The number of rotatable bonds is 5. The predicted molar refractivity (Wildman–Crippen MR) is 66.9 cm³/mol. The molecule has 0 radical (unpaired) electrons. The molecule has 0 saturated carbocycles. The predicted octanol–water partition coefficient (Wildman–Crippen LogP) is 2.63. The topological polar surface area (TPSA) is 21.3 Å². The van der Waals surface area contributed by atoms with Gasteiger partial charge in [0.15, 0.2) is 0 Å². The van der Waals surface area contributed by atoms with Crippen LogP contribution < -0.4 is 10.1 Å². The van der Waals surface area contributed by atoms with E-state index in [9.17, 15) is 0 Å². The number of aryl methyl sites for hydroxylation is 1. The summed E-state index contributed by atoms with van der Waals surface area (Å²) in [7, 11) is 0. The van der Waals surface area contributed by atoms with Gasteiger partial charge >= 0.3 is 0 Å². The van der Waals surface area contributed by atoms with Gasteiger partial charge in [0.1, 0.15) is 5.75 Å². The smallest absolute Gasteiger partial charge is 0.122 e. The van der Waals surface area contributed by atoms with Gasteiger partial charge in [-0.2, -0.15) is 0 Å². The summed E-state index contributed by atoms with van der Waals surface area (Å²) in [6, 6.07) is 8.41. The lowest BCUT2D eigenvalue weighted by Gasteiger charge is -2.13. The molecular weight excluding hydrogens is 198 g/mol. The van der Waals surface area contributed by atoms with Crippen molar-refractivity contribution >= 4 is 0 Å². The van der Waals surface area contributed by atoms with Crippen LogP contribution in [-0.2, 0) is 6.42 Å². The number of benzene rings is 1. The normalized spacial score (nSPS) is 19.9. The van der Waals surface area contributed by atoms with E-state index in [4.69, 9.17) is 4.74 Å². The van der Waals surface area contributed by atoms with Crippen molar-refractivity contribution in [3.05, 3.63) is 29.8 Å². The zero-order valence-corrected chi connectivity index (χ0v) is 10.0. The molecule has 1 atom stereocenters.